The summed E-state index contributed by atoms with van der Waals surface area (Å²) in [5.74, 6) is 0.882. The molecule has 0 aliphatic rings. The number of aromatic carboxylic acids is 1. The van der Waals surface area contributed by atoms with Crippen molar-refractivity contribution in [2.75, 3.05) is 0 Å². The molecule has 1 aromatic rings. The first kappa shape index (κ1) is 13.8. The van der Waals surface area contributed by atoms with E-state index in [9.17, 15) is 9.59 Å². The number of carboxylic acid groups (broad SMARTS) is 1. The van der Waals surface area contributed by atoms with Crippen LogP contribution in [0.15, 0.2) is 24.3 Å². The fourth-order valence-electron chi connectivity index (χ4n) is 1.41. The second-order valence-corrected chi connectivity index (χ2v) is 4.13. The van der Waals surface area contributed by atoms with E-state index in [0.717, 1.165) is 0 Å². The molecule has 18 heavy (non-hydrogen) atoms. The third-order valence-electron chi connectivity index (χ3n) is 2.82. The maximum Gasteiger partial charge on any atom is 0.336 e. The van der Waals surface area contributed by atoms with Crippen LogP contribution in [0.25, 0.3) is 0 Å². The predicted molar refractivity (Wildman–Crippen MR) is 68.4 cm³/mol. The molecule has 0 bridgehead atoms. The molecule has 0 saturated carbocycles. The molecule has 1 aromatic carbocycles. The fraction of sp³-hybridized carbons (Fsp3) is 0.286. The van der Waals surface area contributed by atoms with Gasteiger partial charge in [0, 0.05) is 0 Å². The highest BCUT2D eigenvalue weighted by atomic mass is 16.4. The Morgan fingerprint density at radius 2 is 1.94 bits per heavy atom. The topological polar surface area (TPSA) is 66.4 Å². The van der Waals surface area contributed by atoms with Gasteiger partial charge < -0.3 is 10.4 Å². The fourth-order valence-corrected chi connectivity index (χ4v) is 1.41. The summed E-state index contributed by atoms with van der Waals surface area (Å²) in [5.41, 5.74) is -0.701. The van der Waals surface area contributed by atoms with Crippen molar-refractivity contribution >= 4 is 11.9 Å². The maximum atomic E-state index is 12.0. The van der Waals surface area contributed by atoms with Gasteiger partial charge in [0.2, 0.25) is 0 Å². The summed E-state index contributed by atoms with van der Waals surface area (Å²) in [5, 5.41) is 11.7. The number of carbonyl (C=O) groups is 2. The Kier molecular flexibility index (Phi) is 4.11. The van der Waals surface area contributed by atoms with E-state index < -0.39 is 17.4 Å². The van der Waals surface area contributed by atoms with Gasteiger partial charge in [0.05, 0.1) is 16.7 Å². The monoisotopic (exact) mass is 245 g/mol. The molecule has 0 heterocycles. The molecule has 0 aliphatic heterocycles. The molecule has 94 valence electrons. The first-order chi connectivity index (χ1) is 8.43. The Hall–Kier alpha value is -2.28. The van der Waals surface area contributed by atoms with Crippen molar-refractivity contribution in [3.05, 3.63) is 35.4 Å². The lowest BCUT2D eigenvalue weighted by atomic mass is 9.98. The van der Waals surface area contributed by atoms with Crippen LogP contribution in [-0.4, -0.2) is 22.5 Å². The Morgan fingerprint density at radius 3 is 2.39 bits per heavy atom. The summed E-state index contributed by atoms with van der Waals surface area (Å²) in [7, 11) is 0. The molecule has 1 rings (SSSR count). The van der Waals surface area contributed by atoms with Crippen molar-refractivity contribution in [1.29, 1.82) is 0 Å². The summed E-state index contributed by atoms with van der Waals surface area (Å²) >= 11 is 0. The quantitative estimate of drug-likeness (QED) is 0.796. The van der Waals surface area contributed by atoms with Gasteiger partial charge in [0.1, 0.15) is 0 Å². The lowest BCUT2D eigenvalue weighted by molar-refractivity contribution is 0.0690. The Bertz CT molecular complexity index is 516. The number of rotatable bonds is 4. The minimum Gasteiger partial charge on any atom is -0.478 e. The van der Waals surface area contributed by atoms with Gasteiger partial charge in [-0.2, -0.15) is 0 Å². The van der Waals surface area contributed by atoms with E-state index in [1.807, 2.05) is 6.92 Å². The minimum absolute atomic E-state index is 0.0366. The summed E-state index contributed by atoms with van der Waals surface area (Å²) in [6, 6.07) is 6.03. The molecule has 1 amide bonds. The molecule has 1 unspecified atom stereocenters. The van der Waals surface area contributed by atoms with Gasteiger partial charge >= 0.3 is 5.97 Å². The average Bonchev–Trinajstić information content (AvgIpc) is 2.38. The van der Waals surface area contributed by atoms with Crippen LogP contribution in [0.3, 0.4) is 0 Å². The van der Waals surface area contributed by atoms with Gasteiger partial charge in [-0.15, -0.1) is 6.42 Å². The van der Waals surface area contributed by atoms with E-state index in [2.05, 4.69) is 11.2 Å². The third-order valence-corrected chi connectivity index (χ3v) is 2.82. The molecular formula is C14H15NO3. The van der Waals surface area contributed by atoms with Crippen molar-refractivity contribution in [3.8, 4) is 12.3 Å². The number of hydrogen-bond donors (Lipinski definition) is 2. The predicted octanol–water partition coefficient (Wildman–Crippen LogP) is 1.92. The molecule has 0 spiro atoms. The average molecular weight is 245 g/mol. The second kappa shape index (κ2) is 5.37. The number of benzene rings is 1. The number of hydrogen-bond acceptors (Lipinski definition) is 2. The van der Waals surface area contributed by atoms with Crippen molar-refractivity contribution < 1.29 is 14.7 Å². The number of terminal acetylenes is 1. The number of nitrogens with one attached hydrogen (secondary N) is 1. The summed E-state index contributed by atoms with van der Waals surface area (Å²) in [6.45, 7) is 3.57. The summed E-state index contributed by atoms with van der Waals surface area (Å²) in [4.78, 5) is 23.0. The molecule has 0 fully saturated rings. The Balaban J connectivity index is 3.06. The molecule has 0 radical (unpaired) electrons. The van der Waals surface area contributed by atoms with Crippen LogP contribution in [0, 0.1) is 12.3 Å². The Morgan fingerprint density at radius 1 is 1.39 bits per heavy atom. The van der Waals surface area contributed by atoms with Crippen LogP contribution >= 0.6 is 0 Å². The summed E-state index contributed by atoms with van der Waals surface area (Å²) < 4.78 is 0. The van der Waals surface area contributed by atoms with Crippen LogP contribution in [0.2, 0.25) is 0 Å². The molecule has 1 atom stereocenters. The van der Waals surface area contributed by atoms with Crippen LogP contribution in [0.5, 0.6) is 0 Å². The van der Waals surface area contributed by atoms with Crippen molar-refractivity contribution in [1.82, 2.24) is 5.32 Å². The van der Waals surface area contributed by atoms with Gasteiger partial charge in [0.15, 0.2) is 0 Å². The first-order valence-corrected chi connectivity index (χ1v) is 5.56. The van der Waals surface area contributed by atoms with Crippen molar-refractivity contribution in [3.63, 3.8) is 0 Å². The zero-order chi connectivity index (χ0) is 13.8. The molecule has 4 nitrogen and oxygen atoms in total. The second-order valence-electron chi connectivity index (χ2n) is 4.13. The lowest BCUT2D eigenvalue weighted by Gasteiger charge is -2.23. The molecule has 4 heteroatoms. The van der Waals surface area contributed by atoms with Crippen molar-refractivity contribution in [2.45, 2.75) is 25.8 Å². The number of amides is 1. The highest BCUT2D eigenvalue weighted by molar-refractivity contribution is 6.05. The van der Waals surface area contributed by atoms with Gasteiger partial charge in [-0.25, -0.2) is 4.79 Å². The first-order valence-electron chi connectivity index (χ1n) is 5.56. The SMILES string of the molecule is C#CC(C)(CC)NC(=O)c1ccccc1C(=O)O. The maximum absolute atomic E-state index is 12.0. The molecule has 0 saturated heterocycles. The van der Waals surface area contributed by atoms with Crippen LogP contribution in [-0.2, 0) is 0 Å². The van der Waals surface area contributed by atoms with Crippen LogP contribution < -0.4 is 5.32 Å². The third kappa shape index (κ3) is 2.89. The summed E-state index contributed by atoms with van der Waals surface area (Å²) in [6.07, 6.45) is 5.92. The zero-order valence-corrected chi connectivity index (χ0v) is 10.4. The van der Waals surface area contributed by atoms with Crippen LogP contribution in [0.1, 0.15) is 41.0 Å². The van der Waals surface area contributed by atoms with Gasteiger partial charge in [-0.05, 0) is 25.5 Å². The van der Waals surface area contributed by atoms with Gasteiger partial charge in [-0.3, -0.25) is 4.79 Å². The van der Waals surface area contributed by atoms with E-state index in [4.69, 9.17) is 11.5 Å². The van der Waals surface area contributed by atoms with Crippen LogP contribution in [0.4, 0.5) is 0 Å². The standard InChI is InChI=1S/C14H15NO3/c1-4-14(3,5-2)15-12(16)10-8-6-7-9-11(10)13(17)18/h1,6-9H,5H2,2-3H3,(H,15,16)(H,17,18). The van der Waals surface area contributed by atoms with E-state index >= 15 is 0 Å². The lowest BCUT2D eigenvalue weighted by Crippen LogP contribution is -2.44. The number of carbonyl (C=O) groups excluding carboxylic acids is 1. The molecule has 0 aliphatic carbocycles. The van der Waals surface area contributed by atoms with Gasteiger partial charge in [0.25, 0.3) is 5.91 Å². The Labute approximate surface area is 106 Å². The molecule has 0 aromatic heterocycles. The van der Waals surface area contributed by atoms with Crippen molar-refractivity contribution in [2.24, 2.45) is 0 Å². The molecular weight excluding hydrogens is 230 g/mol. The van der Waals surface area contributed by atoms with E-state index in [1.54, 1.807) is 19.1 Å². The zero-order valence-electron chi connectivity index (χ0n) is 10.4. The van der Waals surface area contributed by atoms with E-state index in [-0.39, 0.29) is 11.1 Å². The largest absolute Gasteiger partial charge is 0.478 e. The highest BCUT2D eigenvalue weighted by Gasteiger charge is 2.24. The molecule has 2 N–H and O–H groups in total. The van der Waals surface area contributed by atoms with Gasteiger partial charge in [-0.1, -0.05) is 25.0 Å². The van der Waals surface area contributed by atoms with E-state index in [0.29, 0.717) is 6.42 Å². The smallest absolute Gasteiger partial charge is 0.336 e. The number of carboxylic acids is 1. The highest BCUT2D eigenvalue weighted by Crippen LogP contribution is 2.13. The normalized spacial score (nSPS) is 13.2. The van der Waals surface area contributed by atoms with E-state index in [1.165, 1.54) is 12.1 Å². The minimum atomic E-state index is -1.14.